The molecule has 0 spiro atoms. The molecule has 0 saturated heterocycles. The van der Waals surface area contributed by atoms with Gasteiger partial charge in [0.25, 0.3) is 0 Å². The Kier molecular flexibility index (Phi) is 3.72. The standard InChI is InChI=1S/C15H16FNO/c1-10-3-8-14(11(2)17-10)15(18)9-12-4-6-13(16)7-5-12/h3-8,15,18H,9H2,1-2H3. The van der Waals surface area contributed by atoms with E-state index in [0.29, 0.717) is 6.42 Å². The summed E-state index contributed by atoms with van der Waals surface area (Å²) in [5, 5.41) is 10.2. The molecule has 1 atom stereocenters. The smallest absolute Gasteiger partial charge is 0.123 e. The van der Waals surface area contributed by atoms with Gasteiger partial charge in [-0.25, -0.2) is 4.39 Å². The summed E-state index contributed by atoms with van der Waals surface area (Å²) in [6, 6.07) is 9.97. The molecule has 0 saturated carbocycles. The van der Waals surface area contributed by atoms with Gasteiger partial charge in [-0.05, 0) is 37.6 Å². The van der Waals surface area contributed by atoms with Gasteiger partial charge in [-0.3, -0.25) is 4.98 Å². The molecular weight excluding hydrogens is 229 g/mol. The molecule has 1 unspecified atom stereocenters. The highest BCUT2D eigenvalue weighted by Gasteiger charge is 2.12. The van der Waals surface area contributed by atoms with Gasteiger partial charge in [-0.1, -0.05) is 18.2 Å². The van der Waals surface area contributed by atoms with Crippen molar-refractivity contribution in [3.05, 3.63) is 64.7 Å². The molecule has 1 N–H and O–H groups in total. The van der Waals surface area contributed by atoms with Gasteiger partial charge in [0.2, 0.25) is 0 Å². The first-order valence-electron chi connectivity index (χ1n) is 5.93. The molecule has 0 aliphatic rings. The molecule has 2 rings (SSSR count). The molecule has 0 bridgehead atoms. The van der Waals surface area contributed by atoms with Gasteiger partial charge in [-0.2, -0.15) is 0 Å². The number of pyridine rings is 1. The zero-order valence-electron chi connectivity index (χ0n) is 10.5. The lowest BCUT2D eigenvalue weighted by atomic mass is 10.0. The Morgan fingerprint density at radius 1 is 1.11 bits per heavy atom. The summed E-state index contributed by atoms with van der Waals surface area (Å²) >= 11 is 0. The van der Waals surface area contributed by atoms with E-state index < -0.39 is 6.10 Å². The number of aryl methyl sites for hydroxylation is 2. The van der Waals surface area contributed by atoms with Crippen LogP contribution in [0, 0.1) is 19.7 Å². The summed E-state index contributed by atoms with van der Waals surface area (Å²) in [6.07, 6.45) is -0.144. The largest absolute Gasteiger partial charge is 0.388 e. The minimum atomic E-state index is -0.608. The molecule has 0 amide bonds. The summed E-state index contributed by atoms with van der Waals surface area (Å²) in [5.74, 6) is -0.263. The fourth-order valence-corrected chi connectivity index (χ4v) is 2.00. The maximum Gasteiger partial charge on any atom is 0.123 e. The van der Waals surface area contributed by atoms with Crippen LogP contribution in [0.3, 0.4) is 0 Å². The van der Waals surface area contributed by atoms with Crippen molar-refractivity contribution in [2.45, 2.75) is 26.4 Å². The summed E-state index contributed by atoms with van der Waals surface area (Å²) < 4.78 is 12.8. The molecular formula is C15H16FNO. The fourth-order valence-electron chi connectivity index (χ4n) is 2.00. The van der Waals surface area contributed by atoms with Crippen molar-refractivity contribution in [1.29, 1.82) is 0 Å². The Morgan fingerprint density at radius 3 is 2.39 bits per heavy atom. The summed E-state index contributed by atoms with van der Waals surface area (Å²) in [5.41, 5.74) is 3.50. The highest BCUT2D eigenvalue weighted by atomic mass is 19.1. The maximum absolute atomic E-state index is 12.8. The topological polar surface area (TPSA) is 33.1 Å². The van der Waals surface area contributed by atoms with Crippen LogP contribution in [-0.4, -0.2) is 10.1 Å². The van der Waals surface area contributed by atoms with Gasteiger partial charge in [0.1, 0.15) is 5.82 Å². The monoisotopic (exact) mass is 245 g/mol. The van der Waals surface area contributed by atoms with Gasteiger partial charge in [-0.15, -0.1) is 0 Å². The van der Waals surface area contributed by atoms with Crippen molar-refractivity contribution >= 4 is 0 Å². The Morgan fingerprint density at radius 2 is 1.78 bits per heavy atom. The second-order valence-corrected chi connectivity index (χ2v) is 4.47. The lowest BCUT2D eigenvalue weighted by molar-refractivity contribution is 0.177. The first-order chi connectivity index (χ1) is 8.56. The second-order valence-electron chi connectivity index (χ2n) is 4.47. The normalized spacial score (nSPS) is 12.4. The highest BCUT2D eigenvalue weighted by molar-refractivity contribution is 5.26. The molecule has 0 radical (unpaired) electrons. The minimum absolute atomic E-state index is 0.263. The molecule has 1 aromatic heterocycles. The van der Waals surface area contributed by atoms with E-state index in [1.54, 1.807) is 12.1 Å². The molecule has 94 valence electrons. The van der Waals surface area contributed by atoms with Crippen LogP contribution in [-0.2, 0) is 6.42 Å². The number of aliphatic hydroxyl groups excluding tert-OH is 1. The Hall–Kier alpha value is -1.74. The number of benzene rings is 1. The van der Waals surface area contributed by atoms with Crippen LogP contribution in [0.25, 0.3) is 0 Å². The number of hydrogen-bond acceptors (Lipinski definition) is 2. The third-order valence-electron chi connectivity index (χ3n) is 2.97. The van der Waals surface area contributed by atoms with E-state index in [0.717, 1.165) is 22.5 Å². The number of rotatable bonds is 3. The van der Waals surface area contributed by atoms with Gasteiger partial charge in [0.15, 0.2) is 0 Å². The van der Waals surface area contributed by atoms with Crippen LogP contribution in [0.5, 0.6) is 0 Å². The van der Waals surface area contributed by atoms with Crippen molar-refractivity contribution < 1.29 is 9.50 Å². The SMILES string of the molecule is Cc1ccc(C(O)Cc2ccc(F)cc2)c(C)n1. The van der Waals surface area contributed by atoms with Crippen molar-refractivity contribution in [2.24, 2.45) is 0 Å². The van der Waals surface area contributed by atoms with E-state index in [1.165, 1.54) is 12.1 Å². The highest BCUT2D eigenvalue weighted by Crippen LogP contribution is 2.21. The average Bonchev–Trinajstić information content (AvgIpc) is 2.32. The lowest BCUT2D eigenvalue weighted by Gasteiger charge is -2.13. The molecule has 2 nitrogen and oxygen atoms in total. The van der Waals surface area contributed by atoms with Crippen LogP contribution >= 0.6 is 0 Å². The van der Waals surface area contributed by atoms with Crippen molar-refractivity contribution in [2.75, 3.05) is 0 Å². The minimum Gasteiger partial charge on any atom is -0.388 e. The Balaban J connectivity index is 2.16. The summed E-state index contributed by atoms with van der Waals surface area (Å²) in [7, 11) is 0. The summed E-state index contributed by atoms with van der Waals surface area (Å²) in [6.45, 7) is 3.80. The molecule has 1 aromatic carbocycles. The van der Waals surface area contributed by atoms with Gasteiger partial charge >= 0.3 is 0 Å². The Labute approximate surface area is 106 Å². The first kappa shape index (κ1) is 12.7. The predicted molar refractivity (Wildman–Crippen MR) is 68.8 cm³/mol. The molecule has 1 heterocycles. The molecule has 0 aliphatic carbocycles. The third-order valence-corrected chi connectivity index (χ3v) is 2.97. The second kappa shape index (κ2) is 5.27. The molecule has 0 fully saturated rings. The lowest BCUT2D eigenvalue weighted by Crippen LogP contribution is -2.05. The zero-order chi connectivity index (χ0) is 13.1. The van der Waals surface area contributed by atoms with Crippen LogP contribution in [0.15, 0.2) is 36.4 Å². The number of aromatic nitrogens is 1. The quantitative estimate of drug-likeness (QED) is 0.901. The number of nitrogens with zero attached hydrogens (tertiary/aromatic N) is 1. The van der Waals surface area contributed by atoms with Crippen LogP contribution in [0.2, 0.25) is 0 Å². The third kappa shape index (κ3) is 2.93. The average molecular weight is 245 g/mol. The molecule has 3 heteroatoms. The Bertz CT molecular complexity index is 537. The van der Waals surface area contributed by atoms with Crippen molar-refractivity contribution in [3.8, 4) is 0 Å². The number of halogens is 1. The van der Waals surface area contributed by atoms with Gasteiger partial charge in [0, 0.05) is 23.4 Å². The zero-order valence-corrected chi connectivity index (χ0v) is 10.5. The predicted octanol–water partition coefficient (Wildman–Crippen LogP) is 3.11. The maximum atomic E-state index is 12.8. The van der Waals surface area contributed by atoms with E-state index in [1.807, 2.05) is 26.0 Å². The van der Waals surface area contributed by atoms with Crippen molar-refractivity contribution in [1.82, 2.24) is 4.98 Å². The van der Waals surface area contributed by atoms with E-state index >= 15 is 0 Å². The van der Waals surface area contributed by atoms with E-state index in [2.05, 4.69) is 4.98 Å². The molecule has 0 aliphatic heterocycles. The molecule has 18 heavy (non-hydrogen) atoms. The number of aliphatic hydroxyl groups is 1. The fraction of sp³-hybridized carbons (Fsp3) is 0.267. The number of hydrogen-bond donors (Lipinski definition) is 1. The van der Waals surface area contributed by atoms with Crippen LogP contribution in [0.4, 0.5) is 4.39 Å². The van der Waals surface area contributed by atoms with E-state index in [9.17, 15) is 9.50 Å². The van der Waals surface area contributed by atoms with E-state index in [4.69, 9.17) is 0 Å². The van der Waals surface area contributed by atoms with Gasteiger partial charge in [0.05, 0.1) is 6.10 Å². The first-order valence-corrected chi connectivity index (χ1v) is 5.93. The van der Waals surface area contributed by atoms with Gasteiger partial charge < -0.3 is 5.11 Å². The van der Waals surface area contributed by atoms with Crippen molar-refractivity contribution in [3.63, 3.8) is 0 Å². The van der Waals surface area contributed by atoms with Crippen LogP contribution < -0.4 is 0 Å². The van der Waals surface area contributed by atoms with Crippen LogP contribution in [0.1, 0.15) is 28.6 Å². The molecule has 2 aromatic rings. The van der Waals surface area contributed by atoms with E-state index in [-0.39, 0.29) is 5.82 Å². The summed E-state index contributed by atoms with van der Waals surface area (Å²) in [4.78, 5) is 4.33.